The lowest BCUT2D eigenvalue weighted by Crippen LogP contribution is -2.40. The van der Waals surface area contributed by atoms with E-state index in [-0.39, 0.29) is 12.5 Å². The van der Waals surface area contributed by atoms with Crippen LogP contribution in [0, 0.1) is 0 Å². The molecule has 1 aliphatic rings. The minimum Gasteiger partial charge on any atom is -0.480 e. The van der Waals surface area contributed by atoms with Crippen LogP contribution in [0.15, 0.2) is 41.5 Å². The second-order valence-electron chi connectivity index (χ2n) is 6.54. The number of nitrogens with zero attached hydrogens (tertiary/aromatic N) is 5. The maximum Gasteiger partial charge on any atom is 0.352 e. The van der Waals surface area contributed by atoms with Crippen molar-refractivity contribution in [2.24, 2.45) is 0 Å². The van der Waals surface area contributed by atoms with Gasteiger partial charge in [-0.2, -0.15) is 4.98 Å². The molecule has 0 radical (unpaired) electrons. The molecule has 0 aromatic carbocycles. The van der Waals surface area contributed by atoms with Crippen molar-refractivity contribution in [2.45, 2.75) is 12.6 Å². The molecule has 11 heteroatoms. The lowest BCUT2D eigenvalue weighted by atomic mass is 10.0. The van der Waals surface area contributed by atoms with Gasteiger partial charge in [0.2, 0.25) is 11.8 Å². The van der Waals surface area contributed by atoms with Crippen molar-refractivity contribution in [3.05, 3.63) is 67.1 Å². The van der Waals surface area contributed by atoms with Crippen molar-refractivity contribution >= 4 is 46.1 Å². The first-order chi connectivity index (χ1) is 14.4. The monoisotopic (exact) mass is 465 g/mol. The van der Waals surface area contributed by atoms with Crippen LogP contribution in [0.5, 0.6) is 5.88 Å². The summed E-state index contributed by atoms with van der Waals surface area (Å²) in [6.45, 7) is 0.999. The largest absolute Gasteiger partial charge is 0.480 e. The molecule has 0 amide bonds. The molecule has 0 saturated carbocycles. The third-order valence-electron chi connectivity index (χ3n) is 4.58. The Balaban J connectivity index is 1.52. The van der Waals surface area contributed by atoms with Crippen molar-refractivity contribution in [1.82, 2.24) is 19.5 Å². The summed E-state index contributed by atoms with van der Waals surface area (Å²) in [6, 6.07) is 7.04. The molecule has 0 spiro atoms. The van der Waals surface area contributed by atoms with E-state index in [2.05, 4.69) is 15.0 Å². The zero-order chi connectivity index (χ0) is 21.3. The number of methoxy groups -OCH3 is 1. The number of thiophene rings is 1. The van der Waals surface area contributed by atoms with E-state index >= 15 is 0 Å². The van der Waals surface area contributed by atoms with Gasteiger partial charge in [-0.05, 0) is 24.3 Å². The Hall–Kier alpha value is -2.46. The van der Waals surface area contributed by atoms with Crippen LogP contribution in [0.1, 0.15) is 10.6 Å². The van der Waals surface area contributed by atoms with Gasteiger partial charge in [-0.3, -0.25) is 4.57 Å². The molecule has 8 nitrogen and oxygen atoms in total. The van der Waals surface area contributed by atoms with Gasteiger partial charge in [0.05, 0.1) is 36.3 Å². The van der Waals surface area contributed by atoms with Crippen molar-refractivity contribution in [1.29, 1.82) is 0 Å². The standard InChI is InChI=1S/C19H17Cl2N5O3S/c1-29-17-13(20)3-4-14(23-17)12-6-7-25(9-15(12)27)18-22-10-26(19(28)24-18)8-11-2-5-16(21)30-11/h2-6,10,15,27H,7-9H2,1H3/t15-/m0/s1. The molecule has 0 saturated heterocycles. The Bertz CT molecular complexity index is 1160. The third kappa shape index (κ3) is 4.34. The van der Waals surface area contributed by atoms with Crippen molar-refractivity contribution in [3.8, 4) is 5.88 Å². The third-order valence-corrected chi connectivity index (χ3v) is 6.08. The van der Waals surface area contributed by atoms with E-state index in [0.717, 1.165) is 4.88 Å². The Morgan fingerprint density at radius 2 is 2.10 bits per heavy atom. The average Bonchev–Trinajstić information content (AvgIpc) is 3.14. The predicted molar refractivity (Wildman–Crippen MR) is 117 cm³/mol. The Morgan fingerprint density at radius 1 is 1.27 bits per heavy atom. The van der Waals surface area contributed by atoms with E-state index in [1.165, 1.54) is 29.3 Å². The smallest absolute Gasteiger partial charge is 0.352 e. The highest BCUT2D eigenvalue weighted by Crippen LogP contribution is 2.28. The summed E-state index contributed by atoms with van der Waals surface area (Å²) in [6.07, 6.45) is 2.44. The van der Waals surface area contributed by atoms with E-state index in [1.807, 2.05) is 12.1 Å². The second-order valence-corrected chi connectivity index (χ2v) is 8.75. The molecule has 1 atom stereocenters. The van der Waals surface area contributed by atoms with Gasteiger partial charge >= 0.3 is 5.69 Å². The van der Waals surface area contributed by atoms with Gasteiger partial charge < -0.3 is 14.7 Å². The molecule has 0 bridgehead atoms. The molecule has 4 rings (SSSR count). The van der Waals surface area contributed by atoms with E-state index < -0.39 is 11.8 Å². The SMILES string of the molecule is COc1nc(C2=CCN(c3ncn(Cc4ccc(Cl)s4)c(=O)n3)C[C@@H]2O)ccc1Cl. The summed E-state index contributed by atoms with van der Waals surface area (Å²) >= 11 is 13.4. The van der Waals surface area contributed by atoms with Crippen LogP contribution in [0.25, 0.3) is 5.57 Å². The Kier molecular flexibility index (Phi) is 6.05. The predicted octanol–water partition coefficient (Wildman–Crippen LogP) is 2.72. The summed E-state index contributed by atoms with van der Waals surface area (Å²) in [7, 11) is 1.48. The minimum atomic E-state index is -0.837. The molecule has 3 aromatic rings. The Morgan fingerprint density at radius 3 is 2.77 bits per heavy atom. The highest BCUT2D eigenvalue weighted by Gasteiger charge is 2.25. The molecule has 156 valence electrons. The molecule has 4 heterocycles. The van der Waals surface area contributed by atoms with Crippen LogP contribution in [-0.4, -0.2) is 50.9 Å². The normalized spacial score (nSPS) is 16.5. The molecule has 0 fully saturated rings. The molecule has 0 aliphatic carbocycles. The number of hydrogen-bond acceptors (Lipinski definition) is 8. The van der Waals surface area contributed by atoms with Crippen LogP contribution in [0.4, 0.5) is 5.95 Å². The van der Waals surface area contributed by atoms with Gasteiger partial charge in [0.25, 0.3) is 0 Å². The number of rotatable bonds is 5. The van der Waals surface area contributed by atoms with Crippen LogP contribution in [-0.2, 0) is 6.54 Å². The molecular weight excluding hydrogens is 449 g/mol. The number of aliphatic hydroxyl groups excluding tert-OH is 1. The van der Waals surface area contributed by atoms with Crippen molar-refractivity contribution < 1.29 is 9.84 Å². The summed E-state index contributed by atoms with van der Waals surface area (Å²) in [5.41, 5.74) is 0.816. The number of anilines is 1. The summed E-state index contributed by atoms with van der Waals surface area (Å²) < 4.78 is 7.22. The number of halogens is 2. The fourth-order valence-corrected chi connectivity index (χ4v) is 4.38. The molecule has 0 unspecified atom stereocenters. The van der Waals surface area contributed by atoms with Crippen molar-refractivity contribution in [2.75, 3.05) is 25.1 Å². The first-order valence-corrected chi connectivity index (χ1v) is 10.5. The molecule has 3 aromatic heterocycles. The van der Waals surface area contributed by atoms with E-state index in [9.17, 15) is 9.90 Å². The van der Waals surface area contributed by atoms with E-state index in [1.54, 1.807) is 23.1 Å². The summed E-state index contributed by atoms with van der Waals surface area (Å²) in [5.74, 6) is 0.556. The first kappa shape index (κ1) is 20.8. The number of aromatic nitrogens is 4. The zero-order valence-electron chi connectivity index (χ0n) is 15.8. The maximum atomic E-state index is 12.4. The number of hydrogen-bond donors (Lipinski definition) is 1. The molecular formula is C19H17Cl2N5O3S. The summed E-state index contributed by atoms with van der Waals surface area (Å²) in [4.78, 5) is 27.8. The van der Waals surface area contributed by atoms with Crippen LogP contribution < -0.4 is 15.3 Å². The first-order valence-electron chi connectivity index (χ1n) is 8.96. The minimum absolute atomic E-state index is 0.225. The Labute approximate surface area is 186 Å². The molecule has 1 aliphatic heterocycles. The number of pyridine rings is 1. The highest BCUT2D eigenvalue weighted by molar-refractivity contribution is 7.16. The number of β-amino-alcohol motifs (C(OH)–C–C–N with tert-alkyl or cyclic N) is 1. The quantitative estimate of drug-likeness (QED) is 0.618. The van der Waals surface area contributed by atoms with Crippen LogP contribution >= 0.6 is 34.5 Å². The highest BCUT2D eigenvalue weighted by atomic mass is 35.5. The fraction of sp³-hybridized carbons (Fsp3) is 0.263. The van der Waals surface area contributed by atoms with E-state index in [4.69, 9.17) is 27.9 Å². The van der Waals surface area contributed by atoms with Crippen LogP contribution in [0.3, 0.4) is 0 Å². The second kappa shape index (κ2) is 8.73. The lowest BCUT2D eigenvalue weighted by molar-refractivity contribution is 0.233. The topological polar surface area (TPSA) is 93.4 Å². The zero-order valence-corrected chi connectivity index (χ0v) is 18.2. The van der Waals surface area contributed by atoms with Gasteiger partial charge in [-0.1, -0.05) is 29.3 Å². The van der Waals surface area contributed by atoms with Gasteiger partial charge in [-0.15, -0.1) is 11.3 Å². The lowest BCUT2D eigenvalue weighted by Gasteiger charge is -2.30. The van der Waals surface area contributed by atoms with Crippen LogP contribution in [0.2, 0.25) is 9.36 Å². The van der Waals surface area contributed by atoms with E-state index in [0.29, 0.717) is 39.6 Å². The maximum absolute atomic E-state index is 12.4. The van der Waals surface area contributed by atoms with Gasteiger partial charge in [0, 0.05) is 17.0 Å². The molecule has 1 N–H and O–H groups in total. The van der Waals surface area contributed by atoms with Crippen molar-refractivity contribution in [3.63, 3.8) is 0 Å². The van der Waals surface area contributed by atoms with Gasteiger partial charge in [0.1, 0.15) is 11.3 Å². The molecule has 30 heavy (non-hydrogen) atoms. The summed E-state index contributed by atoms with van der Waals surface area (Å²) in [5, 5.41) is 11.0. The number of aliphatic hydroxyl groups is 1. The fourth-order valence-electron chi connectivity index (χ4n) is 3.11. The van der Waals surface area contributed by atoms with Gasteiger partial charge in [0.15, 0.2) is 0 Å². The van der Waals surface area contributed by atoms with Gasteiger partial charge in [-0.25, -0.2) is 14.8 Å². The average molecular weight is 466 g/mol. The number of ether oxygens (including phenoxy) is 1.